The van der Waals surface area contributed by atoms with Gasteiger partial charge in [-0.1, -0.05) is 25.1 Å². The van der Waals surface area contributed by atoms with E-state index in [1.165, 1.54) is 11.9 Å². The van der Waals surface area contributed by atoms with Crippen LogP contribution in [0, 0.1) is 0 Å². The maximum Gasteiger partial charge on any atom is 0.138 e. The quantitative estimate of drug-likeness (QED) is 0.911. The van der Waals surface area contributed by atoms with Crippen LogP contribution in [-0.2, 0) is 19.4 Å². The maximum absolute atomic E-state index is 14.7. The molecule has 1 N–H and O–H groups in total. The van der Waals surface area contributed by atoms with Crippen molar-refractivity contribution in [3.8, 4) is 0 Å². The summed E-state index contributed by atoms with van der Waals surface area (Å²) in [4.78, 5) is 4.19. The third-order valence-corrected chi connectivity index (χ3v) is 3.71. The van der Waals surface area contributed by atoms with Gasteiger partial charge >= 0.3 is 0 Å². The molecule has 1 atom stereocenters. The number of rotatable bonds is 5. The Morgan fingerprint density at radius 2 is 2.35 bits per heavy atom. The lowest BCUT2D eigenvalue weighted by molar-refractivity contribution is 0.331. The van der Waals surface area contributed by atoms with Gasteiger partial charge in [-0.15, -0.1) is 0 Å². The van der Waals surface area contributed by atoms with Gasteiger partial charge in [-0.2, -0.15) is 5.10 Å². The topological polar surface area (TPSA) is 42.7 Å². The average Bonchev–Trinajstić information content (AvgIpc) is 3.08. The first-order chi connectivity index (χ1) is 9.79. The molecule has 0 bridgehead atoms. The first-order valence-electron chi connectivity index (χ1n) is 7.16. The summed E-state index contributed by atoms with van der Waals surface area (Å²) >= 11 is 0. The summed E-state index contributed by atoms with van der Waals surface area (Å²) in [5.74, 6) is 0.718. The number of hydrogen-bond donors (Lipinski definition) is 1. The van der Waals surface area contributed by atoms with Gasteiger partial charge in [0.1, 0.15) is 18.3 Å². The van der Waals surface area contributed by atoms with Crippen LogP contribution in [0.1, 0.15) is 36.5 Å². The van der Waals surface area contributed by atoms with E-state index in [2.05, 4.69) is 28.4 Å². The third kappa shape index (κ3) is 2.40. The number of benzene rings is 1. The molecule has 1 aromatic heterocycles. The number of alkyl halides is 1. The predicted molar refractivity (Wildman–Crippen MR) is 76.5 cm³/mol. The number of para-hydroxylation sites is 1. The fraction of sp³-hybridized carbons (Fsp3) is 0.467. The summed E-state index contributed by atoms with van der Waals surface area (Å²) in [6.07, 6.45) is 2.68. The van der Waals surface area contributed by atoms with Crippen molar-refractivity contribution in [2.24, 2.45) is 0 Å². The van der Waals surface area contributed by atoms with Crippen molar-refractivity contribution in [3.63, 3.8) is 0 Å². The summed E-state index contributed by atoms with van der Waals surface area (Å²) in [7, 11) is 0. The normalized spacial score (nSPS) is 14.9. The van der Waals surface area contributed by atoms with E-state index in [4.69, 9.17) is 0 Å². The van der Waals surface area contributed by atoms with E-state index < -0.39 is 6.17 Å². The summed E-state index contributed by atoms with van der Waals surface area (Å²) in [6.45, 7) is 3.75. The lowest BCUT2D eigenvalue weighted by Gasteiger charge is -2.13. The van der Waals surface area contributed by atoms with Crippen molar-refractivity contribution >= 4 is 5.69 Å². The van der Waals surface area contributed by atoms with E-state index in [1.807, 2.05) is 12.1 Å². The lowest BCUT2D eigenvalue weighted by atomic mass is 10.0. The molecule has 1 unspecified atom stereocenters. The van der Waals surface area contributed by atoms with Crippen LogP contribution in [0.3, 0.4) is 0 Å². The molecule has 1 aliphatic heterocycles. The molecule has 2 aromatic rings. The van der Waals surface area contributed by atoms with Crippen LogP contribution in [0.25, 0.3) is 0 Å². The van der Waals surface area contributed by atoms with Crippen molar-refractivity contribution in [3.05, 3.63) is 41.5 Å². The van der Waals surface area contributed by atoms with Gasteiger partial charge in [-0.25, -0.2) is 14.1 Å². The molecule has 106 valence electrons. The monoisotopic (exact) mass is 274 g/mol. The highest BCUT2D eigenvalue weighted by Gasteiger charge is 2.22. The lowest BCUT2D eigenvalue weighted by Crippen LogP contribution is -2.09. The zero-order valence-corrected chi connectivity index (χ0v) is 11.6. The van der Waals surface area contributed by atoms with Crippen molar-refractivity contribution in [1.82, 2.24) is 14.8 Å². The first-order valence-corrected chi connectivity index (χ1v) is 7.16. The zero-order valence-electron chi connectivity index (χ0n) is 11.6. The van der Waals surface area contributed by atoms with Gasteiger partial charge < -0.3 is 5.32 Å². The molecular formula is C15H19FN4. The number of nitrogens with zero attached hydrogens (tertiary/aromatic N) is 3. The maximum atomic E-state index is 14.7. The predicted octanol–water partition coefficient (Wildman–Crippen LogP) is 2.91. The molecule has 0 fully saturated rings. The van der Waals surface area contributed by atoms with Crippen LogP contribution >= 0.6 is 0 Å². The van der Waals surface area contributed by atoms with Gasteiger partial charge in [0.2, 0.25) is 0 Å². The summed E-state index contributed by atoms with van der Waals surface area (Å²) in [5, 5.41) is 7.43. The van der Waals surface area contributed by atoms with Crippen molar-refractivity contribution in [1.29, 1.82) is 0 Å². The SMILES string of the molecule is CCCn1ncnc1CC(F)c1cccc2c1NCC2. The van der Waals surface area contributed by atoms with E-state index >= 15 is 0 Å². The van der Waals surface area contributed by atoms with Crippen LogP contribution in [0.4, 0.5) is 10.1 Å². The number of nitrogens with one attached hydrogen (secondary N) is 1. The molecule has 2 heterocycles. The van der Waals surface area contributed by atoms with E-state index in [0.29, 0.717) is 0 Å². The van der Waals surface area contributed by atoms with Crippen molar-refractivity contribution < 1.29 is 4.39 Å². The number of fused-ring (bicyclic) bond motifs is 1. The van der Waals surface area contributed by atoms with Crippen LogP contribution in [0.15, 0.2) is 24.5 Å². The van der Waals surface area contributed by atoms with E-state index in [0.717, 1.165) is 43.0 Å². The molecular weight excluding hydrogens is 255 g/mol. The Labute approximate surface area is 118 Å². The third-order valence-electron chi connectivity index (χ3n) is 3.71. The summed E-state index contributed by atoms with van der Waals surface area (Å²) in [6, 6.07) is 5.86. The van der Waals surface area contributed by atoms with Crippen molar-refractivity contribution in [2.75, 3.05) is 11.9 Å². The van der Waals surface area contributed by atoms with Gasteiger partial charge in [-0.05, 0) is 18.4 Å². The molecule has 1 aromatic carbocycles. The summed E-state index contributed by atoms with van der Waals surface area (Å²) < 4.78 is 16.4. The molecule has 5 heteroatoms. The minimum atomic E-state index is -1.05. The van der Waals surface area contributed by atoms with Crippen LogP contribution < -0.4 is 5.32 Å². The standard InChI is InChI=1S/C15H19FN4/c1-2-8-20-14(18-10-19-20)9-13(16)12-5-3-4-11-6-7-17-15(11)12/h3-5,10,13,17H,2,6-9H2,1H3. The highest BCUT2D eigenvalue weighted by molar-refractivity contribution is 5.62. The highest BCUT2D eigenvalue weighted by Crippen LogP contribution is 2.33. The zero-order chi connectivity index (χ0) is 13.9. The largest absolute Gasteiger partial charge is 0.384 e. The van der Waals surface area contributed by atoms with Gasteiger partial charge in [0, 0.05) is 30.8 Å². The number of aromatic nitrogens is 3. The van der Waals surface area contributed by atoms with E-state index in [1.54, 1.807) is 4.68 Å². The second-order valence-electron chi connectivity index (χ2n) is 5.13. The van der Waals surface area contributed by atoms with E-state index in [9.17, 15) is 4.39 Å². The molecule has 0 saturated carbocycles. The molecule has 3 rings (SSSR count). The Hall–Kier alpha value is -1.91. The Kier molecular flexibility index (Phi) is 3.67. The van der Waals surface area contributed by atoms with Gasteiger partial charge in [-0.3, -0.25) is 0 Å². The Balaban J connectivity index is 1.81. The Bertz CT molecular complexity index is 593. The second kappa shape index (κ2) is 5.61. The minimum Gasteiger partial charge on any atom is -0.384 e. The summed E-state index contributed by atoms with van der Waals surface area (Å²) in [5.41, 5.74) is 2.92. The van der Waals surface area contributed by atoms with Gasteiger partial charge in [0.05, 0.1) is 0 Å². The molecule has 20 heavy (non-hydrogen) atoms. The number of hydrogen-bond acceptors (Lipinski definition) is 3. The smallest absolute Gasteiger partial charge is 0.138 e. The fourth-order valence-electron chi connectivity index (χ4n) is 2.74. The van der Waals surface area contributed by atoms with Crippen LogP contribution in [0.2, 0.25) is 0 Å². The second-order valence-corrected chi connectivity index (χ2v) is 5.13. The van der Waals surface area contributed by atoms with Crippen LogP contribution in [0.5, 0.6) is 0 Å². The number of halogens is 1. The number of aryl methyl sites for hydroxylation is 1. The Morgan fingerprint density at radius 1 is 1.45 bits per heavy atom. The highest BCUT2D eigenvalue weighted by atomic mass is 19.1. The van der Waals surface area contributed by atoms with Gasteiger partial charge in [0.15, 0.2) is 0 Å². The van der Waals surface area contributed by atoms with E-state index in [-0.39, 0.29) is 6.42 Å². The molecule has 0 spiro atoms. The molecule has 0 aliphatic carbocycles. The molecule has 0 radical (unpaired) electrons. The Morgan fingerprint density at radius 3 is 3.20 bits per heavy atom. The average molecular weight is 274 g/mol. The number of anilines is 1. The van der Waals surface area contributed by atoms with Gasteiger partial charge in [0.25, 0.3) is 0 Å². The van der Waals surface area contributed by atoms with Crippen molar-refractivity contribution in [2.45, 2.75) is 38.9 Å². The first kappa shape index (κ1) is 13.1. The molecule has 0 saturated heterocycles. The minimum absolute atomic E-state index is 0.276. The molecule has 4 nitrogen and oxygen atoms in total. The molecule has 0 amide bonds. The van der Waals surface area contributed by atoms with Crippen LogP contribution in [-0.4, -0.2) is 21.3 Å². The fourth-order valence-corrected chi connectivity index (χ4v) is 2.74. The molecule has 1 aliphatic rings.